The van der Waals surface area contributed by atoms with E-state index in [1.165, 1.54) is 5.57 Å². The molecular weight excluding hydrogens is 250 g/mol. The van der Waals surface area contributed by atoms with E-state index in [2.05, 4.69) is 75.2 Å². The van der Waals surface area contributed by atoms with Gasteiger partial charge in [-0.2, -0.15) is 0 Å². The minimum absolute atomic E-state index is 1.01. The Balaban J connectivity index is 4.27. The van der Waals surface area contributed by atoms with Gasteiger partial charge in [-0.15, -0.1) is 0 Å². The van der Waals surface area contributed by atoms with Crippen LogP contribution in [0.2, 0.25) is 19.6 Å². The molecule has 0 aromatic heterocycles. The predicted octanol–water partition coefficient (Wildman–Crippen LogP) is 2.05. The van der Waals surface area contributed by atoms with E-state index in [0.29, 0.717) is 0 Å². The SMILES string of the molecule is C=C([CH-][Si](C)(C)C)CN(CCN(C)C)CCN(C)C. The molecular formula is C15H34N3Si-. The molecule has 0 aliphatic carbocycles. The molecule has 0 aliphatic heterocycles. The van der Waals surface area contributed by atoms with E-state index < -0.39 is 8.07 Å². The van der Waals surface area contributed by atoms with E-state index in [0.717, 1.165) is 32.7 Å². The molecule has 0 N–H and O–H groups in total. The highest BCUT2D eigenvalue weighted by atomic mass is 28.3. The van der Waals surface area contributed by atoms with Crippen LogP contribution in [0.25, 0.3) is 0 Å². The highest BCUT2D eigenvalue weighted by Crippen LogP contribution is 2.12. The first kappa shape index (κ1) is 18.7. The maximum absolute atomic E-state index is 4.24. The third kappa shape index (κ3) is 12.5. The van der Waals surface area contributed by atoms with Gasteiger partial charge >= 0.3 is 0 Å². The van der Waals surface area contributed by atoms with Crippen molar-refractivity contribution in [3.63, 3.8) is 0 Å². The van der Waals surface area contributed by atoms with Crippen molar-refractivity contribution in [3.8, 4) is 0 Å². The summed E-state index contributed by atoms with van der Waals surface area (Å²) in [7, 11) is 7.38. The number of hydrogen-bond donors (Lipinski definition) is 0. The fourth-order valence-corrected chi connectivity index (χ4v) is 3.21. The van der Waals surface area contributed by atoms with Crippen LogP contribution in [0.4, 0.5) is 0 Å². The van der Waals surface area contributed by atoms with E-state index in [9.17, 15) is 0 Å². The summed E-state index contributed by atoms with van der Waals surface area (Å²) in [6, 6.07) is 2.42. The number of likely N-dealkylation sites (N-methyl/N-ethyl adjacent to an activating group) is 2. The van der Waals surface area contributed by atoms with Gasteiger partial charge in [0.2, 0.25) is 0 Å². The van der Waals surface area contributed by atoms with Crippen LogP contribution in [-0.2, 0) is 0 Å². The van der Waals surface area contributed by atoms with Gasteiger partial charge in [0, 0.05) is 26.2 Å². The van der Waals surface area contributed by atoms with Crippen LogP contribution >= 0.6 is 0 Å². The lowest BCUT2D eigenvalue weighted by atomic mass is 10.3. The first-order valence-corrected chi connectivity index (χ1v) is 10.7. The van der Waals surface area contributed by atoms with Crippen molar-refractivity contribution in [2.45, 2.75) is 19.6 Å². The fourth-order valence-electron chi connectivity index (χ4n) is 1.90. The number of nitrogens with zero attached hydrogens (tertiary/aromatic N) is 3. The van der Waals surface area contributed by atoms with Crippen LogP contribution in [0, 0.1) is 6.04 Å². The van der Waals surface area contributed by atoms with Crippen LogP contribution in [0.5, 0.6) is 0 Å². The molecule has 0 unspecified atom stereocenters. The molecule has 0 aromatic rings. The summed E-state index contributed by atoms with van der Waals surface area (Å²) in [5.74, 6) is 0. The minimum atomic E-state index is -1.15. The summed E-state index contributed by atoms with van der Waals surface area (Å²) in [4.78, 5) is 7.00. The summed E-state index contributed by atoms with van der Waals surface area (Å²) in [6.45, 7) is 16.8. The van der Waals surface area contributed by atoms with Crippen molar-refractivity contribution in [3.05, 3.63) is 18.2 Å². The van der Waals surface area contributed by atoms with Gasteiger partial charge in [0.15, 0.2) is 0 Å². The molecule has 0 spiro atoms. The summed E-state index contributed by atoms with van der Waals surface area (Å²) >= 11 is 0. The summed E-state index contributed by atoms with van der Waals surface area (Å²) in [5.41, 5.74) is 1.29. The zero-order chi connectivity index (χ0) is 15.1. The van der Waals surface area contributed by atoms with E-state index in [-0.39, 0.29) is 0 Å². The smallest absolute Gasteiger partial charge is 0.0112 e. The van der Waals surface area contributed by atoms with Gasteiger partial charge in [-0.1, -0.05) is 19.6 Å². The normalized spacial score (nSPS) is 12.5. The van der Waals surface area contributed by atoms with E-state index in [1.54, 1.807) is 0 Å². The van der Waals surface area contributed by atoms with Crippen LogP contribution in [0.1, 0.15) is 0 Å². The average Bonchev–Trinajstić information content (AvgIpc) is 2.18. The second-order valence-corrected chi connectivity index (χ2v) is 12.1. The molecule has 4 heteroatoms. The second kappa shape index (κ2) is 8.79. The van der Waals surface area contributed by atoms with Gasteiger partial charge in [-0.05, 0) is 42.8 Å². The van der Waals surface area contributed by atoms with Crippen molar-refractivity contribution in [2.75, 3.05) is 60.9 Å². The maximum Gasteiger partial charge on any atom is 0.0112 e. The van der Waals surface area contributed by atoms with Crippen molar-refractivity contribution < 1.29 is 0 Å². The maximum atomic E-state index is 4.24. The Morgan fingerprint density at radius 1 is 0.895 bits per heavy atom. The first-order valence-electron chi connectivity index (χ1n) is 7.15. The van der Waals surface area contributed by atoms with Crippen LogP contribution in [-0.4, -0.2) is 83.7 Å². The van der Waals surface area contributed by atoms with Crippen molar-refractivity contribution in [1.29, 1.82) is 0 Å². The van der Waals surface area contributed by atoms with Crippen molar-refractivity contribution in [2.24, 2.45) is 0 Å². The predicted molar refractivity (Wildman–Crippen MR) is 90.3 cm³/mol. The van der Waals surface area contributed by atoms with Gasteiger partial charge in [0.1, 0.15) is 0 Å². The quantitative estimate of drug-likeness (QED) is 0.449. The molecule has 0 amide bonds. The molecule has 0 bridgehead atoms. The Kier molecular flexibility index (Phi) is 8.66. The molecule has 3 nitrogen and oxygen atoms in total. The van der Waals surface area contributed by atoms with Gasteiger partial charge < -0.3 is 9.80 Å². The highest BCUT2D eigenvalue weighted by Gasteiger charge is 2.10. The molecule has 114 valence electrons. The van der Waals surface area contributed by atoms with Gasteiger partial charge in [-0.25, -0.2) is 18.2 Å². The lowest BCUT2D eigenvalue weighted by Gasteiger charge is -2.32. The summed E-state index contributed by atoms with van der Waals surface area (Å²) in [6.07, 6.45) is 0. The largest absolute Gasteiger partial charge is 0.308 e. The minimum Gasteiger partial charge on any atom is -0.308 e. The summed E-state index contributed by atoms with van der Waals surface area (Å²) < 4.78 is 0. The third-order valence-electron chi connectivity index (χ3n) is 2.79. The molecule has 0 heterocycles. The van der Waals surface area contributed by atoms with E-state index in [1.807, 2.05) is 0 Å². The number of rotatable bonds is 10. The first-order chi connectivity index (χ1) is 8.60. The lowest BCUT2D eigenvalue weighted by Crippen LogP contribution is -2.38. The lowest BCUT2D eigenvalue weighted by molar-refractivity contribution is 0.233. The van der Waals surface area contributed by atoms with Crippen molar-refractivity contribution in [1.82, 2.24) is 14.7 Å². The van der Waals surface area contributed by atoms with Crippen LogP contribution in [0.3, 0.4) is 0 Å². The second-order valence-electron chi connectivity index (χ2n) is 7.05. The molecule has 19 heavy (non-hydrogen) atoms. The molecule has 0 saturated heterocycles. The fraction of sp³-hybridized carbons (Fsp3) is 0.800. The van der Waals surface area contributed by atoms with E-state index in [4.69, 9.17) is 0 Å². The molecule has 0 aromatic carbocycles. The topological polar surface area (TPSA) is 9.72 Å². The average molecular weight is 285 g/mol. The molecule has 0 fully saturated rings. The standard InChI is InChI=1S/C15H34N3Si/c1-15(14-19(6,7)8)13-18(11-9-16(2)3)12-10-17(4)5/h14H,1,9-13H2,2-8H3/q-1. The molecule has 0 rings (SSSR count). The molecule has 0 radical (unpaired) electrons. The van der Waals surface area contributed by atoms with Crippen LogP contribution < -0.4 is 0 Å². The Hall–Kier alpha value is -0.293. The Bertz CT molecular complexity index is 245. The van der Waals surface area contributed by atoms with Crippen molar-refractivity contribution >= 4 is 8.07 Å². The van der Waals surface area contributed by atoms with Gasteiger partial charge in [0.25, 0.3) is 0 Å². The summed E-state index contributed by atoms with van der Waals surface area (Å²) in [5, 5.41) is 0. The van der Waals surface area contributed by atoms with Crippen LogP contribution in [0.15, 0.2) is 12.2 Å². The third-order valence-corrected chi connectivity index (χ3v) is 4.06. The van der Waals surface area contributed by atoms with E-state index >= 15 is 0 Å². The Morgan fingerprint density at radius 2 is 1.32 bits per heavy atom. The zero-order valence-corrected chi connectivity index (χ0v) is 15.2. The Morgan fingerprint density at radius 3 is 1.63 bits per heavy atom. The molecule has 0 saturated carbocycles. The molecule has 0 atom stereocenters. The highest BCUT2D eigenvalue weighted by molar-refractivity contribution is 6.80. The zero-order valence-electron chi connectivity index (χ0n) is 14.2. The van der Waals surface area contributed by atoms with Gasteiger partial charge in [-0.3, -0.25) is 4.90 Å². The molecule has 0 aliphatic rings. The Labute approximate surface area is 122 Å². The van der Waals surface area contributed by atoms with Gasteiger partial charge in [0.05, 0.1) is 0 Å². The monoisotopic (exact) mass is 284 g/mol. The number of hydrogen-bond acceptors (Lipinski definition) is 3.